The Morgan fingerprint density at radius 3 is 2.73 bits per heavy atom. The number of benzene rings is 1. The van der Waals surface area contributed by atoms with Gasteiger partial charge in [0, 0.05) is 11.1 Å². The van der Waals surface area contributed by atoms with Crippen molar-refractivity contribution in [3.63, 3.8) is 0 Å². The number of hydrogen-bond donors (Lipinski definition) is 2. The van der Waals surface area contributed by atoms with Crippen molar-refractivity contribution in [2.24, 2.45) is 0 Å². The van der Waals surface area contributed by atoms with Gasteiger partial charge < -0.3 is 11.1 Å². The summed E-state index contributed by atoms with van der Waals surface area (Å²) in [5.41, 5.74) is 7.49. The molecule has 0 aliphatic heterocycles. The first-order valence-corrected chi connectivity index (χ1v) is 5.40. The second kappa shape index (κ2) is 4.14. The number of nitrogens with one attached hydrogen (secondary N) is 1. The lowest BCUT2D eigenvalue weighted by Crippen LogP contribution is -2.13. The molecule has 0 unspecified atom stereocenters. The predicted molar refractivity (Wildman–Crippen MR) is 63.1 cm³/mol. The van der Waals surface area contributed by atoms with Crippen molar-refractivity contribution in [2.75, 3.05) is 11.1 Å². The molecule has 0 atom stereocenters. The van der Waals surface area contributed by atoms with E-state index in [0.29, 0.717) is 11.3 Å². The summed E-state index contributed by atoms with van der Waals surface area (Å²) < 4.78 is 0. The highest BCUT2D eigenvalue weighted by Crippen LogP contribution is 2.16. The van der Waals surface area contributed by atoms with Crippen LogP contribution in [0.15, 0.2) is 41.1 Å². The van der Waals surface area contributed by atoms with Crippen molar-refractivity contribution in [1.82, 2.24) is 0 Å². The van der Waals surface area contributed by atoms with Gasteiger partial charge >= 0.3 is 0 Å². The molecule has 4 heteroatoms. The number of hydrogen-bond acceptors (Lipinski definition) is 3. The summed E-state index contributed by atoms with van der Waals surface area (Å²) >= 11 is 1.53. The number of para-hydroxylation sites is 1. The predicted octanol–water partition coefficient (Wildman–Crippen LogP) is 2.58. The zero-order valence-corrected chi connectivity index (χ0v) is 8.75. The van der Waals surface area contributed by atoms with Gasteiger partial charge in [-0.05, 0) is 23.6 Å². The fraction of sp³-hybridized carbons (Fsp3) is 0. The highest BCUT2D eigenvalue weighted by atomic mass is 32.1. The first-order chi connectivity index (χ1) is 7.27. The van der Waals surface area contributed by atoms with Crippen LogP contribution >= 0.6 is 11.3 Å². The molecular formula is C11H10N2OS. The average molecular weight is 218 g/mol. The third-order valence-electron chi connectivity index (χ3n) is 1.98. The van der Waals surface area contributed by atoms with Gasteiger partial charge in [-0.15, -0.1) is 0 Å². The molecule has 76 valence electrons. The van der Waals surface area contributed by atoms with E-state index in [0.717, 1.165) is 5.69 Å². The minimum absolute atomic E-state index is 0.175. The van der Waals surface area contributed by atoms with E-state index < -0.39 is 0 Å². The monoisotopic (exact) mass is 218 g/mol. The maximum atomic E-state index is 11.7. The zero-order valence-electron chi connectivity index (χ0n) is 7.94. The highest BCUT2D eigenvalue weighted by Gasteiger charge is 2.08. The van der Waals surface area contributed by atoms with Crippen molar-refractivity contribution in [2.45, 2.75) is 0 Å². The molecule has 15 heavy (non-hydrogen) atoms. The van der Waals surface area contributed by atoms with Crippen molar-refractivity contribution in [3.8, 4) is 0 Å². The highest BCUT2D eigenvalue weighted by molar-refractivity contribution is 7.08. The molecule has 0 radical (unpaired) electrons. The Labute approximate surface area is 91.5 Å². The number of carbonyl (C=O) groups excluding carboxylic acids is 1. The number of anilines is 2. The summed E-state index contributed by atoms with van der Waals surface area (Å²) in [4.78, 5) is 11.7. The van der Waals surface area contributed by atoms with E-state index >= 15 is 0 Å². The Bertz CT molecular complexity index is 465. The molecule has 0 aliphatic rings. The van der Waals surface area contributed by atoms with Crippen molar-refractivity contribution >= 4 is 28.6 Å². The summed E-state index contributed by atoms with van der Waals surface area (Å²) in [5, 5.41) is 6.55. The number of nitrogen functional groups attached to an aromatic ring is 1. The van der Waals surface area contributed by atoms with Crippen LogP contribution in [-0.4, -0.2) is 5.91 Å². The number of carbonyl (C=O) groups is 1. The lowest BCUT2D eigenvalue weighted by atomic mass is 10.1. The van der Waals surface area contributed by atoms with Gasteiger partial charge in [-0.3, -0.25) is 4.79 Å². The topological polar surface area (TPSA) is 55.1 Å². The van der Waals surface area contributed by atoms with Gasteiger partial charge in [0.05, 0.1) is 11.3 Å². The van der Waals surface area contributed by atoms with Gasteiger partial charge in [0.15, 0.2) is 0 Å². The molecule has 1 aromatic heterocycles. The molecule has 0 bridgehead atoms. The van der Waals surface area contributed by atoms with Crippen LogP contribution in [0.25, 0.3) is 0 Å². The molecule has 0 fully saturated rings. The summed E-state index contributed by atoms with van der Waals surface area (Å²) in [7, 11) is 0. The lowest BCUT2D eigenvalue weighted by Gasteiger charge is -2.04. The van der Waals surface area contributed by atoms with Crippen LogP contribution in [-0.2, 0) is 0 Å². The molecule has 0 aliphatic carbocycles. The van der Waals surface area contributed by atoms with E-state index in [1.807, 2.05) is 16.8 Å². The van der Waals surface area contributed by atoms with Gasteiger partial charge in [-0.25, -0.2) is 0 Å². The van der Waals surface area contributed by atoms with Crippen molar-refractivity contribution in [1.29, 1.82) is 0 Å². The summed E-state index contributed by atoms with van der Waals surface area (Å²) in [5.74, 6) is -0.175. The van der Waals surface area contributed by atoms with Gasteiger partial charge in [0.2, 0.25) is 0 Å². The molecule has 2 rings (SSSR count). The minimum atomic E-state index is -0.175. The molecule has 0 spiro atoms. The Kier molecular flexibility index (Phi) is 2.69. The molecular weight excluding hydrogens is 208 g/mol. The van der Waals surface area contributed by atoms with Gasteiger partial charge in [-0.1, -0.05) is 12.1 Å². The summed E-state index contributed by atoms with van der Waals surface area (Å²) in [6.45, 7) is 0. The standard InChI is InChI=1S/C11H10N2OS/c12-10-4-2-1-3-9(10)11(14)13-8-5-6-15-7-8/h1-7H,12H2,(H,13,14). The van der Waals surface area contributed by atoms with Crippen molar-refractivity contribution < 1.29 is 4.79 Å². The fourth-order valence-electron chi connectivity index (χ4n) is 1.24. The van der Waals surface area contributed by atoms with E-state index in [2.05, 4.69) is 5.32 Å². The normalized spacial score (nSPS) is 9.87. The second-order valence-electron chi connectivity index (χ2n) is 3.05. The Morgan fingerprint density at radius 2 is 2.07 bits per heavy atom. The van der Waals surface area contributed by atoms with E-state index in [4.69, 9.17) is 5.73 Å². The quantitative estimate of drug-likeness (QED) is 0.761. The van der Waals surface area contributed by atoms with E-state index in [-0.39, 0.29) is 5.91 Å². The first-order valence-electron chi connectivity index (χ1n) is 4.45. The third-order valence-corrected chi connectivity index (χ3v) is 2.67. The van der Waals surface area contributed by atoms with E-state index in [1.54, 1.807) is 24.3 Å². The maximum absolute atomic E-state index is 11.7. The van der Waals surface area contributed by atoms with Gasteiger partial charge in [0.1, 0.15) is 0 Å². The molecule has 1 amide bonds. The number of thiophene rings is 1. The molecule has 2 aromatic rings. The van der Waals surface area contributed by atoms with Gasteiger partial charge in [0.25, 0.3) is 5.91 Å². The lowest BCUT2D eigenvalue weighted by molar-refractivity contribution is 0.102. The molecule has 1 heterocycles. The maximum Gasteiger partial charge on any atom is 0.257 e. The molecule has 0 saturated carbocycles. The van der Waals surface area contributed by atoms with Crippen LogP contribution in [0.4, 0.5) is 11.4 Å². The largest absolute Gasteiger partial charge is 0.398 e. The minimum Gasteiger partial charge on any atom is -0.398 e. The van der Waals surface area contributed by atoms with E-state index in [9.17, 15) is 4.79 Å². The summed E-state index contributed by atoms with van der Waals surface area (Å²) in [6.07, 6.45) is 0. The number of amides is 1. The third kappa shape index (κ3) is 2.16. The molecule has 3 N–H and O–H groups in total. The average Bonchev–Trinajstić information content (AvgIpc) is 2.71. The number of nitrogens with two attached hydrogens (primary N) is 1. The van der Waals surface area contributed by atoms with Crippen LogP contribution < -0.4 is 11.1 Å². The smallest absolute Gasteiger partial charge is 0.257 e. The molecule has 3 nitrogen and oxygen atoms in total. The fourth-order valence-corrected chi connectivity index (χ4v) is 1.83. The van der Waals surface area contributed by atoms with Crippen molar-refractivity contribution in [3.05, 3.63) is 46.7 Å². The molecule has 1 aromatic carbocycles. The molecule has 0 saturated heterocycles. The first kappa shape index (κ1) is 9.73. The van der Waals surface area contributed by atoms with Crippen LogP contribution in [0.5, 0.6) is 0 Å². The SMILES string of the molecule is Nc1ccccc1C(=O)Nc1ccsc1. The van der Waals surface area contributed by atoms with Crippen LogP contribution in [0.3, 0.4) is 0 Å². The Balaban J connectivity index is 2.19. The summed E-state index contributed by atoms with van der Waals surface area (Å²) in [6, 6.07) is 8.86. The second-order valence-corrected chi connectivity index (χ2v) is 3.83. The van der Waals surface area contributed by atoms with Crippen LogP contribution in [0.1, 0.15) is 10.4 Å². The van der Waals surface area contributed by atoms with Crippen LogP contribution in [0.2, 0.25) is 0 Å². The zero-order chi connectivity index (χ0) is 10.7. The number of rotatable bonds is 2. The van der Waals surface area contributed by atoms with E-state index in [1.165, 1.54) is 11.3 Å². The van der Waals surface area contributed by atoms with Crippen LogP contribution in [0, 0.1) is 0 Å². The Hall–Kier alpha value is -1.81. The van der Waals surface area contributed by atoms with Gasteiger partial charge in [-0.2, -0.15) is 11.3 Å². The Morgan fingerprint density at radius 1 is 1.27 bits per heavy atom.